The molecule has 0 spiro atoms. The highest BCUT2D eigenvalue weighted by atomic mass is 32.2. The van der Waals surface area contributed by atoms with Crippen molar-refractivity contribution >= 4 is 43.2 Å². The van der Waals surface area contributed by atoms with Gasteiger partial charge in [0.25, 0.3) is 5.56 Å². The van der Waals surface area contributed by atoms with E-state index in [1.54, 1.807) is 0 Å². The number of nitrogens with one attached hydrogen (secondary N) is 1. The minimum absolute atomic E-state index is 0.108. The van der Waals surface area contributed by atoms with Crippen LogP contribution in [0.15, 0.2) is 9.95 Å². The van der Waals surface area contributed by atoms with Gasteiger partial charge in [-0.25, -0.2) is 13.4 Å². The average Bonchev–Trinajstić information content (AvgIpc) is 3.24. The first-order valence-electron chi connectivity index (χ1n) is 8.94. The molecule has 1 fully saturated rings. The largest absolute Gasteiger partial charge is 0.309 e. The van der Waals surface area contributed by atoms with E-state index >= 15 is 0 Å². The Hall–Kier alpha value is -1.72. The Labute approximate surface area is 170 Å². The first kappa shape index (κ1) is 19.6. The lowest BCUT2D eigenvalue weighted by Gasteiger charge is -2.07. The van der Waals surface area contributed by atoms with Crippen LogP contribution < -0.4 is 5.56 Å². The predicted octanol–water partition coefficient (Wildman–Crippen LogP) is 2.00. The fourth-order valence-electron chi connectivity index (χ4n) is 3.44. The molecule has 1 aliphatic heterocycles. The normalized spacial score (nSPS) is 18.9. The Kier molecular flexibility index (Phi) is 5.09. The molecular weight excluding hydrogens is 418 g/mol. The third-order valence-corrected chi connectivity index (χ3v) is 9.12. The molecule has 4 heterocycles. The zero-order chi connectivity index (χ0) is 20.1. The Morgan fingerprint density at radius 3 is 2.82 bits per heavy atom. The number of aromatic amines is 1. The van der Waals surface area contributed by atoms with E-state index in [2.05, 4.69) is 20.2 Å². The summed E-state index contributed by atoms with van der Waals surface area (Å²) in [5, 5.41) is 9.84. The summed E-state index contributed by atoms with van der Waals surface area (Å²) in [5.41, 5.74) is 0.878. The van der Waals surface area contributed by atoms with E-state index in [1.807, 2.05) is 25.5 Å². The van der Waals surface area contributed by atoms with Gasteiger partial charge in [0.15, 0.2) is 15.0 Å². The van der Waals surface area contributed by atoms with Crippen molar-refractivity contribution in [3.05, 3.63) is 32.4 Å². The molecule has 4 rings (SSSR count). The van der Waals surface area contributed by atoms with Crippen molar-refractivity contribution < 1.29 is 8.42 Å². The molecule has 11 heteroatoms. The molecule has 1 saturated heterocycles. The smallest absolute Gasteiger partial charge is 0.259 e. The number of fused-ring (bicyclic) bond motifs is 1. The van der Waals surface area contributed by atoms with Gasteiger partial charge in [-0.05, 0) is 31.7 Å². The van der Waals surface area contributed by atoms with Crippen LogP contribution in [0, 0.1) is 19.8 Å². The van der Waals surface area contributed by atoms with Crippen molar-refractivity contribution in [3.63, 3.8) is 0 Å². The summed E-state index contributed by atoms with van der Waals surface area (Å²) in [5.74, 6) is 2.47. The highest BCUT2D eigenvalue weighted by molar-refractivity contribution is 7.98. The Balaban J connectivity index is 1.48. The maximum Gasteiger partial charge on any atom is 0.259 e. The molecule has 3 aromatic rings. The topological polar surface area (TPSA) is 111 Å². The zero-order valence-electron chi connectivity index (χ0n) is 15.9. The van der Waals surface area contributed by atoms with Crippen LogP contribution in [0.2, 0.25) is 0 Å². The fourth-order valence-corrected chi connectivity index (χ4v) is 7.15. The summed E-state index contributed by atoms with van der Waals surface area (Å²) in [4.78, 5) is 21.7. The average molecular weight is 440 g/mol. The number of H-pyrrole nitrogens is 1. The number of hydrogen-bond acceptors (Lipinski definition) is 8. The van der Waals surface area contributed by atoms with E-state index < -0.39 is 9.84 Å². The van der Waals surface area contributed by atoms with Gasteiger partial charge in [0.2, 0.25) is 0 Å². The first-order chi connectivity index (χ1) is 13.2. The second-order valence-corrected chi connectivity index (χ2v) is 11.6. The Bertz CT molecular complexity index is 1210. The number of rotatable bonds is 5. The number of hydrogen-bond donors (Lipinski definition) is 1. The molecular formula is C17H21N5O3S3. The Morgan fingerprint density at radius 2 is 2.11 bits per heavy atom. The van der Waals surface area contributed by atoms with E-state index in [1.165, 1.54) is 23.1 Å². The number of thiophene rings is 1. The predicted molar refractivity (Wildman–Crippen MR) is 111 cm³/mol. The van der Waals surface area contributed by atoms with E-state index in [0.717, 1.165) is 26.3 Å². The molecule has 28 heavy (non-hydrogen) atoms. The monoisotopic (exact) mass is 439 g/mol. The summed E-state index contributed by atoms with van der Waals surface area (Å²) >= 11 is 2.98. The van der Waals surface area contributed by atoms with Crippen LogP contribution in [0.3, 0.4) is 0 Å². The van der Waals surface area contributed by atoms with Gasteiger partial charge in [-0.15, -0.1) is 21.5 Å². The summed E-state index contributed by atoms with van der Waals surface area (Å²) in [6.45, 7) is 3.93. The van der Waals surface area contributed by atoms with Gasteiger partial charge in [-0.1, -0.05) is 11.8 Å². The molecule has 3 aromatic heterocycles. The molecule has 1 N–H and O–H groups in total. The fraction of sp³-hybridized carbons (Fsp3) is 0.529. The van der Waals surface area contributed by atoms with Crippen LogP contribution in [0.25, 0.3) is 10.2 Å². The van der Waals surface area contributed by atoms with Crippen molar-refractivity contribution in [1.82, 2.24) is 24.7 Å². The van der Waals surface area contributed by atoms with Crippen LogP contribution in [0.4, 0.5) is 0 Å². The molecule has 0 unspecified atom stereocenters. The molecule has 0 saturated carbocycles. The molecule has 8 nitrogen and oxygen atoms in total. The summed E-state index contributed by atoms with van der Waals surface area (Å²) in [7, 11) is -1.01. The van der Waals surface area contributed by atoms with Crippen molar-refractivity contribution in [1.29, 1.82) is 0 Å². The number of aromatic nitrogens is 5. The third-order valence-electron chi connectivity index (χ3n) is 5.15. The maximum absolute atomic E-state index is 12.4. The van der Waals surface area contributed by atoms with Gasteiger partial charge in [0, 0.05) is 18.3 Å². The van der Waals surface area contributed by atoms with Crippen molar-refractivity contribution in [2.45, 2.75) is 37.6 Å². The van der Waals surface area contributed by atoms with Crippen molar-refractivity contribution in [3.8, 4) is 0 Å². The molecule has 1 aliphatic rings. The number of thioether (sulfide) groups is 1. The lowest BCUT2D eigenvalue weighted by atomic mass is 10.1. The van der Waals surface area contributed by atoms with Crippen LogP contribution in [0.5, 0.6) is 0 Å². The third kappa shape index (κ3) is 3.74. The van der Waals surface area contributed by atoms with Gasteiger partial charge in [0.1, 0.15) is 16.5 Å². The van der Waals surface area contributed by atoms with E-state index in [-0.39, 0.29) is 23.0 Å². The highest BCUT2D eigenvalue weighted by Crippen LogP contribution is 2.27. The SMILES string of the molecule is Cc1sc2nc(CSc3nnc(C[C@@H]4CCS(=O)(=O)C4)n3C)[nH]c(=O)c2c1C. The van der Waals surface area contributed by atoms with Crippen LogP contribution in [-0.4, -0.2) is 44.7 Å². The van der Waals surface area contributed by atoms with Crippen molar-refractivity contribution in [2.24, 2.45) is 13.0 Å². The van der Waals surface area contributed by atoms with Gasteiger partial charge in [-0.3, -0.25) is 4.79 Å². The molecule has 150 valence electrons. The van der Waals surface area contributed by atoms with Crippen LogP contribution in [-0.2, 0) is 29.1 Å². The molecule has 0 aromatic carbocycles. The van der Waals surface area contributed by atoms with E-state index in [9.17, 15) is 13.2 Å². The van der Waals surface area contributed by atoms with E-state index in [4.69, 9.17) is 0 Å². The van der Waals surface area contributed by atoms with Gasteiger partial charge < -0.3 is 9.55 Å². The van der Waals surface area contributed by atoms with Crippen LogP contribution >= 0.6 is 23.1 Å². The minimum atomic E-state index is -2.90. The van der Waals surface area contributed by atoms with Crippen LogP contribution in [0.1, 0.15) is 28.5 Å². The summed E-state index contributed by atoms with van der Waals surface area (Å²) in [6.07, 6.45) is 1.29. The minimum Gasteiger partial charge on any atom is -0.309 e. The summed E-state index contributed by atoms with van der Waals surface area (Å²) in [6, 6.07) is 0. The van der Waals surface area contributed by atoms with Gasteiger partial charge >= 0.3 is 0 Å². The Morgan fingerprint density at radius 1 is 1.32 bits per heavy atom. The standard InChI is InChI=1S/C17H21N5O3S3/c1-9-10(2)27-16-14(9)15(23)18-12(19-16)7-26-17-21-20-13(22(17)3)6-11-4-5-28(24,25)8-11/h11H,4-8H2,1-3H3,(H,18,19,23)/t11-/m0/s1. The molecule has 0 aliphatic carbocycles. The number of aryl methyl sites for hydroxylation is 2. The second kappa shape index (κ2) is 7.27. The highest BCUT2D eigenvalue weighted by Gasteiger charge is 2.29. The maximum atomic E-state index is 12.4. The van der Waals surface area contributed by atoms with Gasteiger partial charge in [0.05, 0.1) is 22.6 Å². The second-order valence-electron chi connectivity index (χ2n) is 7.20. The lowest BCUT2D eigenvalue weighted by Crippen LogP contribution is -2.11. The number of nitrogens with zero attached hydrogens (tertiary/aromatic N) is 4. The van der Waals surface area contributed by atoms with Crippen molar-refractivity contribution in [2.75, 3.05) is 11.5 Å². The zero-order valence-corrected chi connectivity index (χ0v) is 18.3. The quantitative estimate of drug-likeness (QED) is 0.605. The molecule has 1 atom stereocenters. The molecule has 0 radical (unpaired) electrons. The lowest BCUT2D eigenvalue weighted by molar-refractivity contribution is 0.552. The number of sulfone groups is 1. The molecule has 0 amide bonds. The van der Waals surface area contributed by atoms with Gasteiger partial charge in [-0.2, -0.15) is 0 Å². The first-order valence-corrected chi connectivity index (χ1v) is 12.6. The summed E-state index contributed by atoms with van der Waals surface area (Å²) < 4.78 is 25.2. The molecule has 0 bridgehead atoms. The van der Waals surface area contributed by atoms with E-state index in [0.29, 0.717) is 29.8 Å².